The summed E-state index contributed by atoms with van der Waals surface area (Å²) in [6.45, 7) is 6.03. The molecule has 3 aromatic carbocycles. The van der Waals surface area contributed by atoms with Crippen LogP contribution >= 0.6 is 0 Å². The lowest BCUT2D eigenvalue weighted by molar-refractivity contribution is -0.131. The van der Waals surface area contributed by atoms with Crippen molar-refractivity contribution in [3.05, 3.63) is 101 Å². The average molecular weight is 521 g/mol. The third kappa shape index (κ3) is 6.04. The molecule has 0 saturated carbocycles. The van der Waals surface area contributed by atoms with Gasteiger partial charge in [0.2, 0.25) is 5.91 Å². The van der Waals surface area contributed by atoms with Gasteiger partial charge in [0, 0.05) is 40.3 Å². The smallest absolute Gasteiger partial charge is 0.304 e. The SMILES string of the molecule is Cc1ccc(C)c(N(CC(=O)N2CCN(C(c3ccccc3)c3ccccc3)CC2)S(=O)(=O)N(C)C)c1. The molecular formula is C29H36N4O3S. The van der Waals surface area contributed by atoms with E-state index in [9.17, 15) is 13.2 Å². The molecule has 0 spiro atoms. The van der Waals surface area contributed by atoms with E-state index in [1.165, 1.54) is 29.5 Å². The number of aryl methyl sites for hydroxylation is 2. The summed E-state index contributed by atoms with van der Waals surface area (Å²) in [4.78, 5) is 17.6. The van der Waals surface area contributed by atoms with Crippen LogP contribution in [0.4, 0.5) is 5.69 Å². The first-order valence-corrected chi connectivity index (χ1v) is 14.0. The highest BCUT2D eigenvalue weighted by Gasteiger charge is 2.32. The van der Waals surface area contributed by atoms with Gasteiger partial charge in [-0.1, -0.05) is 72.8 Å². The Morgan fingerprint density at radius 2 is 1.38 bits per heavy atom. The largest absolute Gasteiger partial charge is 0.339 e. The lowest BCUT2D eigenvalue weighted by Gasteiger charge is -2.40. The van der Waals surface area contributed by atoms with Gasteiger partial charge in [0.25, 0.3) is 0 Å². The van der Waals surface area contributed by atoms with Gasteiger partial charge in [0.05, 0.1) is 11.7 Å². The first-order valence-electron chi connectivity index (χ1n) is 12.6. The maximum Gasteiger partial charge on any atom is 0.304 e. The first-order chi connectivity index (χ1) is 17.7. The molecule has 1 fully saturated rings. The van der Waals surface area contributed by atoms with Gasteiger partial charge in [-0.2, -0.15) is 12.7 Å². The summed E-state index contributed by atoms with van der Waals surface area (Å²) in [6, 6.07) is 26.6. The van der Waals surface area contributed by atoms with E-state index in [4.69, 9.17) is 0 Å². The van der Waals surface area contributed by atoms with E-state index in [-0.39, 0.29) is 18.5 Å². The number of hydrogen-bond acceptors (Lipinski definition) is 4. The van der Waals surface area contributed by atoms with Gasteiger partial charge >= 0.3 is 10.2 Å². The number of rotatable bonds is 8. The Morgan fingerprint density at radius 3 is 1.89 bits per heavy atom. The van der Waals surface area contributed by atoms with Crippen LogP contribution in [0.3, 0.4) is 0 Å². The van der Waals surface area contributed by atoms with Gasteiger partial charge in [-0.25, -0.2) is 4.31 Å². The second kappa shape index (κ2) is 11.5. The number of amides is 1. The maximum absolute atomic E-state index is 13.4. The molecule has 8 heteroatoms. The molecule has 0 aromatic heterocycles. The normalized spacial score (nSPS) is 14.8. The van der Waals surface area contributed by atoms with Crippen LogP contribution in [-0.2, 0) is 15.0 Å². The van der Waals surface area contributed by atoms with Crippen LogP contribution in [0.15, 0.2) is 78.9 Å². The molecule has 7 nitrogen and oxygen atoms in total. The number of anilines is 1. The van der Waals surface area contributed by atoms with Crippen molar-refractivity contribution >= 4 is 21.8 Å². The fourth-order valence-corrected chi connectivity index (χ4v) is 5.93. The van der Waals surface area contributed by atoms with Crippen molar-refractivity contribution in [1.82, 2.24) is 14.1 Å². The summed E-state index contributed by atoms with van der Waals surface area (Å²) < 4.78 is 28.9. The number of hydrogen-bond donors (Lipinski definition) is 0. The van der Waals surface area contributed by atoms with Crippen LogP contribution in [0.5, 0.6) is 0 Å². The van der Waals surface area contributed by atoms with Crippen molar-refractivity contribution in [1.29, 1.82) is 0 Å². The molecule has 0 atom stereocenters. The molecular weight excluding hydrogens is 484 g/mol. The molecule has 1 saturated heterocycles. The quantitative estimate of drug-likeness (QED) is 0.453. The standard InChI is InChI=1S/C29H36N4O3S/c1-23-15-16-24(2)27(21-23)33(37(35,36)30(3)4)22-28(34)31-17-19-32(20-18-31)29(25-11-7-5-8-12-25)26-13-9-6-10-14-26/h5-16,21,29H,17-20,22H2,1-4H3. The predicted molar refractivity (Wildman–Crippen MR) is 149 cm³/mol. The summed E-state index contributed by atoms with van der Waals surface area (Å²) >= 11 is 0. The van der Waals surface area contributed by atoms with Gasteiger partial charge in [-0.15, -0.1) is 0 Å². The van der Waals surface area contributed by atoms with Crippen molar-refractivity contribution in [2.45, 2.75) is 19.9 Å². The Balaban J connectivity index is 1.52. The van der Waals surface area contributed by atoms with Crippen LogP contribution in [0.1, 0.15) is 28.3 Å². The van der Waals surface area contributed by atoms with Crippen LogP contribution in [0, 0.1) is 13.8 Å². The number of carbonyl (C=O) groups is 1. The summed E-state index contributed by atoms with van der Waals surface area (Å²) in [5.41, 5.74) is 4.71. The zero-order chi connectivity index (χ0) is 26.6. The molecule has 0 N–H and O–H groups in total. The summed E-state index contributed by atoms with van der Waals surface area (Å²) in [5.74, 6) is -0.193. The van der Waals surface area contributed by atoms with Gasteiger partial charge < -0.3 is 4.90 Å². The molecule has 0 unspecified atom stereocenters. The summed E-state index contributed by atoms with van der Waals surface area (Å²) in [7, 11) is -0.872. The van der Waals surface area contributed by atoms with Crippen molar-refractivity contribution in [2.24, 2.45) is 0 Å². The summed E-state index contributed by atoms with van der Waals surface area (Å²) in [6.07, 6.45) is 0. The molecule has 1 aliphatic rings. The highest BCUT2D eigenvalue weighted by atomic mass is 32.2. The van der Waals surface area contributed by atoms with E-state index in [0.717, 1.165) is 15.4 Å². The first kappa shape index (κ1) is 26.9. The van der Waals surface area contributed by atoms with Crippen LogP contribution in [0.25, 0.3) is 0 Å². The third-order valence-electron chi connectivity index (χ3n) is 6.91. The maximum atomic E-state index is 13.4. The minimum Gasteiger partial charge on any atom is -0.339 e. The van der Waals surface area contributed by atoms with E-state index >= 15 is 0 Å². The number of nitrogens with zero attached hydrogens (tertiary/aromatic N) is 4. The van der Waals surface area contributed by atoms with Gasteiger partial charge in [0.1, 0.15) is 6.54 Å². The molecule has 1 aliphatic heterocycles. The van der Waals surface area contributed by atoms with Gasteiger partial charge in [-0.05, 0) is 42.2 Å². The third-order valence-corrected chi connectivity index (χ3v) is 8.72. The van der Waals surface area contributed by atoms with E-state index < -0.39 is 10.2 Å². The molecule has 3 aromatic rings. The predicted octanol–water partition coefficient (Wildman–Crippen LogP) is 3.85. The second-order valence-corrected chi connectivity index (χ2v) is 11.8. The van der Waals surface area contributed by atoms with Crippen LogP contribution in [-0.4, -0.2) is 75.2 Å². The van der Waals surface area contributed by atoms with Crippen LogP contribution in [0.2, 0.25) is 0 Å². The lowest BCUT2D eigenvalue weighted by atomic mass is 9.96. The van der Waals surface area contributed by atoms with Crippen molar-refractivity contribution in [3.63, 3.8) is 0 Å². The van der Waals surface area contributed by atoms with E-state index in [2.05, 4.69) is 53.4 Å². The lowest BCUT2D eigenvalue weighted by Crippen LogP contribution is -2.53. The van der Waals surface area contributed by atoms with Crippen molar-refractivity contribution in [2.75, 3.05) is 51.1 Å². The Morgan fingerprint density at radius 1 is 0.838 bits per heavy atom. The van der Waals surface area contributed by atoms with Gasteiger partial charge in [-0.3, -0.25) is 9.69 Å². The van der Waals surface area contributed by atoms with Gasteiger partial charge in [0.15, 0.2) is 0 Å². The number of carbonyl (C=O) groups excluding carboxylic acids is 1. The highest BCUT2D eigenvalue weighted by molar-refractivity contribution is 7.90. The molecule has 37 heavy (non-hydrogen) atoms. The topological polar surface area (TPSA) is 64.2 Å². The minimum absolute atomic E-state index is 0.0974. The van der Waals surface area contributed by atoms with E-state index in [1.807, 2.05) is 44.2 Å². The second-order valence-electron chi connectivity index (χ2n) is 9.73. The van der Waals surface area contributed by atoms with Crippen molar-refractivity contribution < 1.29 is 13.2 Å². The molecule has 196 valence electrons. The minimum atomic E-state index is -3.85. The Kier molecular flexibility index (Phi) is 8.32. The molecule has 0 aliphatic carbocycles. The molecule has 0 bridgehead atoms. The van der Waals surface area contributed by atoms with Crippen LogP contribution < -0.4 is 4.31 Å². The number of piperazine rings is 1. The Labute approximate surface area is 221 Å². The average Bonchev–Trinajstić information content (AvgIpc) is 2.90. The molecule has 1 amide bonds. The molecule has 0 radical (unpaired) electrons. The van der Waals surface area contributed by atoms with Crippen molar-refractivity contribution in [3.8, 4) is 0 Å². The Hall–Kier alpha value is -3.20. The molecule has 4 rings (SSSR count). The fraction of sp³-hybridized carbons (Fsp3) is 0.345. The van der Waals surface area contributed by atoms with E-state index in [1.54, 1.807) is 4.90 Å². The summed E-state index contributed by atoms with van der Waals surface area (Å²) in [5, 5.41) is 0. The molecule has 1 heterocycles. The Bertz CT molecular complexity index is 1270. The zero-order valence-electron chi connectivity index (χ0n) is 22.0. The monoisotopic (exact) mass is 520 g/mol. The highest BCUT2D eigenvalue weighted by Crippen LogP contribution is 2.30. The number of benzene rings is 3. The zero-order valence-corrected chi connectivity index (χ0v) is 22.9. The fourth-order valence-electron chi connectivity index (χ4n) is 4.81. The van der Waals surface area contributed by atoms with E-state index in [0.29, 0.717) is 31.9 Å².